The Morgan fingerprint density at radius 3 is 1.70 bits per heavy atom. The van der Waals surface area contributed by atoms with Crippen molar-refractivity contribution in [3.63, 3.8) is 0 Å². The van der Waals surface area contributed by atoms with E-state index in [1.165, 1.54) is 0 Å². The van der Waals surface area contributed by atoms with Gasteiger partial charge in [0.2, 0.25) is 5.82 Å². The molecule has 1 aliphatic heterocycles. The Morgan fingerprint density at radius 2 is 1.25 bits per heavy atom. The van der Waals surface area contributed by atoms with Crippen molar-refractivity contribution >= 4 is 12.4 Å². The van der Waals surface area contributed by atoms with E-state index in [9.17, 15) is 22.0 Å². The van der Waals surface area contributed by atoms with E-state index in [2.05, 4.69) is 0 Å². The number of ether oxygens (including phenoxy) is 1. The lowest BCUT2D eigenvalue weighted by atomic mass is 9.87. The Labute approximate surface area is 118 Å². The summed E-state index contributed by atoms with van der Waals surface area (Å²) in [6.45, 7) is 0.710. The molecule has 2 N–H and O–H groups in total. The van der Waals surface area contributed by atoms with E-state index in [1.807, 2.05) is 0 Å². The van der Waals surface area contributed by atoms with Gasteiger partial charge in [0.15, 0.2) is 23.3 Å². The summed E-state index contributed by atoms with van der Waals surface area (Å²) in [5, 5.41) is 0. The van der Waals surface area contributed by atoms with Crippen LogP contribution in [0.2, 0.25) is 0 Å². The van der Waals surface area contributed by atoms with Gasteiger partial charge in [-0.2, -0.15) is 0 Å². The van der Waals surface area contributed by atoms with Crippen molar-refractivity contribution in [3.05, 3.63) is 34.6 Å². The van der Waals surface area contributed by atoms with Gasteiger partial charge < -0.3 is 10.5 Å². The maximum absolute atomic E-state index is 13.6. The number of rotatable bonds is 2. The van der Waals surface area contributed by atoms with Crippen molar-refractivity contribution in [2.75, 3.05) is 13.2 Å². The molecule has 0 radical (unpaired) electrons. The minimum Gasteiger partial charge on any atom is -0.381 e. The fourth-order valence-corrected chi connectivity index (χ4v) is 2.23. The molecular formula is C12H13ClF5NO. The molecule has 2 rings (SSSR count). The van der Waals surface area contributed by atoms with Crippen LogP contribution in [0.1, 0.15) is 24.4 Å². The summed E-state index contributed by atoms with van der Waals surface area (Å²) >= 11 is 0. The minimum absolute atomic E-state index is 0. The maximum Gasteiger partial charge on any atom is 0.200 e. The molecule has 0 bridgehead atoms. The standard InChI is InChI=1S/C12H12F5NO.ClH/c13-7-6(8(14)10(16)11(17)9(7)15)12(18)5-1-3-19-4-2-5;/h5,12H,1-4,18H2;1H/t12-;/m1./s1. The van der Waals surface area contributed by atoms with Crippen LogP contribution in [0.5, 0.6) is 0 Å². The van der Waals surface area contributed by atoms with E-state index in [0.717, 1.165) is 0 Å². The van der Waals surface area contributed by atoms with Crippen molar-refractivity contribution in [2.45, 2.75) is 18.9 Å². The second kappa shape index (κ2) is 6.69. The molecule has 0 unspecified atom stereocenters. The molecule has 1 aromatic carbocycles. The van der Waals surface area contributed by atoms with Crippen LogP contribution >= 0.6 is 12.4 Å². The molecule has 0 aromatic heterocycles. The zero-order chi connectivity index (χ0) is 14.2. The first-order valence-electron chi connectivity index (χ1n) is 5.79. The van der Waals surface area contributed by atoms with Crippen molar-refractivity contribution in [1.82, 2.24) is 0 Å². The van der Waals surface area contributed by atoms with Crippen molar-refractivity contribution in [1.29, 1.82) is 0 Å². The average molecular weight is 318 g/mol. The number of halogens is 6. The number of benzene rings is 1. The monoisotopic (exact) mass is 317 g/mol. The van der Waals surface area contributed by atoms with Gasteiger partial charge in [-0.15, -0.1) is 12.4 Å². The van der Waals surface area contributed by atoms with Gasteiger partial charge in [0, 0.05) is 24.8 Å². The molecular weight excluding hydrogens is 305 g/mol. The molecule has 2 nitrogen and oxygen atoms in total. The molecule has 0 spiro atoms. The Morgan fingerprint density at radius 1 is 0.850 bits per heavy atom. The van der Waals surface area contributed by atoms with Gasteiger partial charge >= 0.3 is 0 Å². The van der Waals surface area contributed by atoms with E-state index < -0.39 is 40.7 Å². The van der Waals surface area contributed by atoms with E-state index in [0.29, 0.717) is 26.1 Å². The van der Waals surface area contributed by atoms with Crippen LogP contribution < -0.4 is 5.73 Å². The fourth-order valence-electron chi connectivity index (χ4n) is 2.23. The number of hydrogen-bond donors (Lipinski definition) is 1. The second-order valence-corrected chi connectivity index (χ2v) is 4.46. The predicted octanol–water partition coefficient (Wildman–Crippen LogP) is 3.23. The highest BCUT2D eigenvalue weighted by molar-refractivity contribution is 5.85. The lowest BCUT2D eigenvalue weighted by Crippen LogP contribution is -2.29. The summed E-state index contributed by atoms with van der Waals surface area (Å²) in [6.07, 6.45) is 0.835. The van der Waals surface area contributed by atoms with Gasteiger partial charge in [-0.05, 0) is 18.8 Å². The van der Waals surface area contributed by atoms with Crippen LogP contribution in [-0.4, -0.2) is 13.2 Å². The third kappa shape index (κ3) is 2.89. The van der Waals surface area contributed by atoms with E-state index in [1.54, 1.807) is 0 Å². The lowest BCUT2D eigenvalue weighted by molar-refractivity contribution is 0.0573. The summed E-state index contributed by atoms with van der Waals surface area (Å²) in [6, 6.07) is -1.24. The normalized spacial score (nSPS) is 17.7. The molecule has 114 valence electrons. The zero-order valence-corrected chi connectivity index (χ0v) is 11.1. The Balaban J connectivity index is 0.00000200. The molecule has 0 aliphatic carbocycles. The second-order valence-electron chi connectivity index (χ2n) is 4.46. The summed E-state index contributed by atoms with van der Waals surface area (Å²) in [4.78, 5) is 0. The van der Waals surface area contributed by atoms with Gasteiger partial charge in [-0.1, -0.05) is 0 Å². The highest BCUT2D eigenvalue weighted by Gasteiger charge is 2.33. The fraction of sp³-hybridized carbons (Fsp3) is 0.500. The van der Waals surface area contributed by atoms with Crippen molar-refractivity contribution < 1.29 is 26.7 Å². The van der Waals surface area contributed by atoms with E-state index in [-0.39, 0.29) is 18.3 Å². The molecule has 1 aromatic rings. The van der Waals surface area contributed by atoms with Gasteiger partial charge in [0.25, 0.3) is 0 Å². The average Bonchev–Trinajstić information content (AvgIpc) is 2.44. The highest BCUT2D eigenvalue weighted by Crippen LogP contribution is 2.33. The summed E-state index contributed by atoms with van der Waals surface area (Å²) in [5.74, 6) is -10.2. The van der Waals surface area contributed by atoms with Crippen molar-refractivity contribution in [3.8, 4) is 0 Å². The topological polar surface area (TPSA) is 35.2 Å². The maximum atomic E-state index is 13.6. The largest absolute Gasteiger partial charge is 0.381 e. The summed E-state index contributed by atoms with van der Waals surface area (Å²) in [5.41, 5.74) is 4.73. The van der Waals surface area contributed by atoms with Crippen LogP contribution in [0.25, 0.3) is 0 Å². The lowest BCUT2D eigenvalue weighted by Gasteiger charge is -2.28. The highest BCUT2D eigenvalue weighted by atomic mass is 35.5. The summed E-state index contributed by atoms with van der Waals surface area (Å²) in [7, 11) is 0. The van der Waals surface area contributed by atoms with Crippen LogP contribution in [-0.2, 0) is 4.74 Å². The molecule has 20 heavy (non-hydrogen) atoms. The van der Waals surface area contributed by atoms with Gasteiger partial charge in [-0.3, -0.25) is 0 Å². The van der Waals surface area contributed by atoms with Crippen LogP contribution in [0, 0.1) is 35.0 Å². The SMILES string of the molecule is Cl.N[C@@H](c1c(F)c(F)c(F)c(F)c1F)C1CCOCC1. The Kier molecular flexibility index (Phi) is 5.73. The first kappa shape index (κ1) is 17.1. The first-order valence-corrected chi connectivity index (χ1v) is 5.79. The molecule has 1 aliphatic rings. The zero-order valence-electron chi connectivity index (χ0n) is 10.3. The smallest absolute Gasteiger partial charge is 0.200 e. The molecule has 8 heteroatoms. The van der Waals surface area contributed by atoms with Gasteiger partial charge in [-0.25, -0.2) is 22.0 Å². The quantitative estimate of drug-likeness (QED) is 0.516. The predicted molar refractivity (Wildman–Crippen MR) is 64.0 cm³/mol. The molecule has 1 saturated heterocycles. The van der Waals surface area contributed by atoms with Crippen LogP contribution in [0.3, 0.4) is 0 Å². The number of hydrogen-bond acceptors (Lipinski definition) is 2. The first-order chi connectivity index (χ1) is 8.95. The third-order valence-electron chi connectivity index (χ3n) is 3.35. The molecule has 1 fully saturated rings. The van der Waals surface area contributed by atoms with Gasteiger partial charge in [0.1, 0.15) is 0 Å². The van der Waals surface area contributed by atoms with Crippen molar-refractivity contribution in [2.24, 2.45) is 11.7 Å². The van der Waals surface area contributed by atoms with Gasteiger partial charge in [0.05, 0.1) is 0 Å². The third-order valence-corrected chi connectivity index (χ3v) is 3.35. The summed E-state index contributed by atoms with van der Waals surface area (Å²) < 4.78 is 71.3. The molecule has 1 heterocycles. The van der Waals surface area contributed by atoms with E-state index >= 15 is 0 Å². The van der Waals surface area contributed by atoms with Crippen LogP contribution in [0.15, 0.2) is 0 Å². The van der Waals surface area contributed by atoms with E-state index in [4.69, 9.17) is 10.5 Å². The molecule has 0 amide bonds. The minimum atomic E-state index is -2.17. The molecule has 0 saturated carbocycles. The van der Waals surface area contributed by atoms with Crippen LogP contribution in [0.4, 0.5) is 22.0 Å². The number of nitrogens with two attached hydrogens (primary N) is 1. The molecule has 1 atom stereocenters. The Hall–Kier alpha value is -0.920. The Bertz CT molecular complexity index is 464.